The molecule has 2 fully saturated rings. The molecule has 0 spiro atoms. The Morgan fingerprint density at radius 1 is 1.20 bits per heavy atom. The number of benzene rings is 1. The van der Waals surface area contributed by atoms with Gasteiger partial charge in [0.2, 0.25) is 5.54 Å². The lowest BCUT2D eigenvalue weighted by Gasteiger charge is -2.51. The molecule has 11 heteroatoms. The van der Waals surface area contributed by atoms with Crippen molar-refractivity contribution in [1.29, 1.82) is 0 Å². The molecule has 162 valence electrons. The predicted octanol–water partition coefficient (Wildman–Crippen LogP) is 1.56. The summed E-state index contributed by atoms with van der Waals surface area (Å²) in [6.07, 6.45) is 0. The van der Waals surface area contributed by atoms with Crippen molar-refractivity contribution in [3.63, 3.8) is 0 Å². The highest BCUT2D eigenvalue weighted by molar-refractivity contribution is 8.01. The normalized spacial score (nSPS) is 26.5. The minimum absolute atomic E-state index is 0.0340. The first-order valence-electron chi connectivity index (χ1n) is 8.90. The average Bonchev–Trinajstić information content (AvgIpc) is 2.93. The van der Waals surface area contributed by atoms with E-state index >= 15 is 0 Å². The Morgan fingerprint density at radius 2 is 1.73 bits per heavy atom. The maximum atomic E-state index is 13.2. The van der Waals surface area contributed by atoms with Crippen LogP contribution in [0.2, 0.25) is 5.02 Å². The summed E-state index contributed by atoms with van der Waals surface area (Å²) < 4.78 is 9.59. The van der Waals surface area contributed by atoms with Crippen molar-refractivity contribution in [2.45, 2.75) is 42.5 Å². The van der Waals surface area contributed by atoms with Gasteiger partial charge in [0.1, 0.15) is 28.5 Å². The van der Waals surface area contributed by atoms with E-state index in [-0.39, 0.29) is 22.1 Å². The number of aliphatic carboxylic acids is 1. The molecule has 1 aromatic carbocycles. The summed E-state index contributed by atoms with van der Waals surface area (Å²) in [7, 11) is 2.68. The fourth-order valence-electron chi connectivity index (χ4n) is 3.93. The SMILES string of the molecule is COc1cc(Cl)cc(OC)c1C(=O)NC1(C(C)=O)C(=O)N2[C@@H](C(=O)O)C(C)(C)S[C@@H]21. The summed E-state index contributed by atoms with van der Waals surface area (Å²) in [5.74, 6) is -3.10. The zero-order valence-electron chi connectivity index (χ0n) is 16.9. The molecule has 30 heavy (non-hydrogen) atoms. The zero-order chi connectivity index (χ0) is 22.6. The molecule has 2 N–H and O–H groups in total. The Balaban J connectivity index is 2.03. The Bertz CT molecular complexity index is 941. The van der Waals surface area contributed by atoms with Crippen molar-refractivity contribution in [2.75, 3.05) is 14.2 Å². The van der Waals surface area contributed by atoms with E-state index in [1.165, 1.54) is 33.3 Å². The van der Waals surface area contributed by atoms with Gasteiger partial charge in [-0.25, -0.2) is 4.79 Å². The Labute approximate surface area is 182 Å². The second-order valence-corrected chi connectivity index (χ2v) is 9.70. The highest BCUT2D eigenvalue weighted by atomic mass is 35.5. The Morgan fingerprint density at radius 3 is 2.17 bits per heavy atom. The van der Waals surface area contributed by atoms with E-state index in [0.717, 1.165) is 16.7 Å². The van der Waals surface area contributed by atoms with Crippen LogP contribution in [-0.4, -0.2) is 69.5 Å². The maximum Gasteiger partial charge on any atom is 0.327 e. The predicted molar refractivity (Wildman–Crippen MR) is 109 cm³/mol. The molecule has 2 aliphatic rings. The van der Waals surface area contributed by atoms with Crippen molar-refractivity contribution in [1.82, 2.24) is 10.2 Å². The third kappa shape index (κ3) is 3.01. The highest BCUT2D eigenvalue weighted by Gasteiger charge is 2.74. The lowest BCUT2D eigenvalue weighted by atomic mass is 9.81. The van der Waals surface area contributed by atoms with E-state index < -0.39 is 45.3 Å². The summed E-state index contributed by atoms with van der Waals surface area (Å²) in [5.41, 5.74) is -1.92. The maximum absolute atomic E-state index is 13.2. The topological polar surface area (TPSA) is 122 Å². The molecule has 2 amide bonds. The van der Waals surface area contributed by atoms with Crippen LogP contribution >= 0.6 is 23.4 Å². The quantitative estimate of drug-likeness (QED) is 0.488. The fraction of sp³-hybridized carbons (Fsp3) is 0.474. The molecule has 0 saturated carbocycles. The van der Waals surface area contributed by atoms with Crippen LogP contribution in [-0.2, 0) is 14.4 Å². The smallest absolute Gasteiger partial charge is 0.327 e. The first kappa shape index (κ1) is 22.2. The number of hydrogen-bond acceptors (Lipinski definition) is 7. The number of nitrogens with one attached hydrogen (secondary N) is 1. The first-order valence-corrected chi connectivity index (χ1v) is 10.2. The van der Waals surface area contributed by atoms with E-state index in [9.17, 15) is 24.3 Å². The van der Waals surface area contributed by atoms with Crippen molar-refractivity contribution in [3.05, 3.63) is 22.7 Å². The number of hydrogen-bond donors (Lipinski definition) is 2. The van der Waals surface area contributed by atoms with E-state index in [1.807, 2.05) is 0 Å². The van der Waals surface area contributed by atoms with Crippen molar-refractivity contribution in [3.8, 4) is 11.5 Å². The summed E-state index contributed by atoms with van der Waals surface area (Å²) in [4.78, 5) is 51.8. The lowest BCUT2D eigenvalue weighted by Crippen LogP contribution is -2.82. The molecule has 2 heterocycles. The number of carbonyl (C=O) groups is 4. The number of nitrogens with zero attached hydrogens (tertiary/aromatic N) is 1. The standard InChI is InChI=1S/C19H21ClN2O7S/c1-8(23)19(16(27)22-13(15(25)26)18(2,3)30-17(19)22)21-14(24)12-10(28-4)6-9(20)7-11(12)29-5/h6-7,13,17H,1-5H3,(H,21,24)(H,25,26)/t13-,17+,19?/m0/s1. The molecule has 1 aromatic rings. The summed E-state index contributed by atoms with van der Waals surface area (Å²) in [5, 5.41) is 11.5. The van der Waals surface area contributed by atoms with E-state index in [2.05, 4.69) is 5.32 Å². The van der Waals surface area contributed by atoms with E-state index in [0.29, 0.717) is 0 Å². The third-order valence-electron chi connectivity index (χ3n) is 5.34. The van der Waals surface area contributed by atoms with Gasteiger partial charge in [-0.1, -0.05) is 11.6 Å². The molecular formula is C19H21ClN2O7S. The van der Waals surface area contributed by atoms with Crippen molar-refractivity contribution < 1.29 is 33.8 Å². The number of ketones is 1. The van der Waals surface area contributed by atoms with Gasteiger partial charge in [-0.05, 0) is 32.9 Å². The van der Waals surface area contributed by atoms with Gasteiger partial charge in [-0.2, -0.15) is 0 Å². The molecule has 1 unspecified atom stereocenters. The molecule has 2 aliphatic heterocycles. The molecule has 0 radical (unpaired) electrons. The number of halogens is 1. The van der Waals surface area contributed by atoms with Crippen LogP contribution in [0, 0.1) is 0 Å². The average molecular weight is 457 g/mol. The Hall–Kier alpha value is -2.46. The largest absolute Gasteiger partial charge is 0.496 e. The number of β-lactam (4-membered cyclic amide) rings is 1. The van der Waals surface area contributed by atoms with Crippen molar-refractivity contribution in [2.24, 2.45) is 0 Å². The molecule has 3 rings (SSSR count). The zero-order valence-corrected chi connectivity index (χ0v) is 18.5. The van der Waals surface area contributed by atoms with Crippen LogP contribution in [0.1, 0.15) is 31.1 Å². The highest BCUT2D eigenvalue weighted by Crippen LogP contribution is 2.55. The van der Waals surface area contributed by atoms with Gasteiger partial charge < -0.3 is 24.8 Å². The molecule has 0 aliphatic carbocycles. The Kier molecular flexibility index (Phi) is 5.44. The van der Waals surface area contributed by atoms with Crippen LogP contribution in [0.5, 0.6) is 11.5 Å². The number of amides is 2. The molecule has 9 nitrogen and oxygen atoms in total. The van der Waals surface area contributed by atoms with Crippen LogP contribution < -0.4 is 14.8 Å². The summed E-state index contributed by atoms with van der Waals surface area (Å²) in [6, 6.07) is 1.69. The second kappa shape index (κ2) is 7.35. The first-order chi connectivity index (χ1) is 13.9. The number of methoxy groups -OCH3 is 2. The summed E-state index contributed by atoms with van der Waals surface area (Å²) in [6.45, 7) is 4.55. The van der Waals surface area contributed by atoms with Gasteiger partial charge in [0, 0.05) is 9.77 Å². The summed E-state index contributed by atoms with van der Waals surface area (Å²) >= 11 is 7.17. The number of ether oxygens (including phenoxy) is 2. The van der Waals surface area contributed by atoms with Crippen LogP contribution in [0.4, 0.5) is 0 Å². The number of thioether (sulfide) groups is 1. The van der Waals surface area contributed by atoms with Crippen LogP contribution in [0.15, 0.2) is 12.1 Å². The van der Waals surface area contributed by atoms with E-state index in [1.54, 1.807) is 13.8 Å². The number of carboxylic acid groups (broad SMARTS) is 1. The number of fused-ring (bicyclic) bond motifs is 1. The van der Waals surface area contributed by atoms with Crippen LogP contribution in [0.25, 0.3) is 0 Å². The molecular weight excluding hydrogens is 436 g/mol. The van der Waals surface area contributed by atoms with Gasteiger partial charge in [0.05, 0.1) is 14.2 Å². The fourth-order valence-corrected chi connectivity index (χ4v) is 5.88. The molecule has 0 bridgehead atoms. The number of Topliss-reactive ketones (excluding diaryl/α,β-unsaturated/α-hetero) is 1. The number of carboxylic acids is 1. The van der Waals surface area contributed by atoms with Gasteiger partial charge >= 0.3 is 5.97 Å². The second-order valence-electron chi connectivity index (χ2n) is 7.53. The third-order valence-corrected chi connectivity index (χ3v) is 7.20. The number of carbonyl (C=O) groups excluding carboxylic acids is 3. The molecule has 3 atom stereocenters. The van der Waals surface area contributed by atoms with Gasteiger partial charge in [-0.15, -0.1) is 11.8 Å². The van der Waals surface area contributed by atoms with Crippen molar-refractivity contribution >= 4 is 46.9 Å². The molecule has 0 aromatic heterocycles. The molecule has 2 saturated heterocycles. The van der Waals surface area contributed by atoms with Gasteiger partial charge in [0.25, 0.3) is 11.8 Å². The van der Waals surface area contributed by atoms with E-state index in [4.69, 9.17) is 21.1 Å². The lowest BCUT2D eigenvalue weighted by molar-refractivity contribution is -0.170. The van der Waals surface area contributed by atoms with Crippen LogP contribution in [0.3, 0.4) is 0 Å². The minimum atomic E-state index is -1.89. The monoisotopic (exact) mass is 456 g/mol. The minimum Gasteiger partial charge on any atom is -0.496 e. The van der Waals surface area contributed by atoms with Gasteiger partial charge in [0.15, 0.2) is 5.78 Å². The van der Waals surface area contributed by atoms with Gasteiger partial charge in [-0.3, -0.25) is 14.4 Å². The number of rotatable bonds is 6.